The summed E-state index contributed by atoms with van der Waals surface area (Å²) in [5.41, 5.74) is 3.15. The number of hydrogen-bond acceptors (Lipinski definition) is 3. The Bertz CT molecular complexity index is 891. The number of rotatable bonds is 13. The SMILES string of the molecule is CC(=C\C=C\C(C)=C\CC(CC(C)O[Si](C)(C)C(C)(C)C)O[Si](C)(C)C(C)(C)C)/C=C(C)/C=C/C(=O)O. The smallest absolute Gasteiger partial charge is 0.328 e. The number of carboxylic acids is 1. The highest BCUT2D eigenvalue weighted by Gasteiger charge is 2.41. The fourth-order valence-corrected chi connectivity index (χ4v) is 6.11. The van der Waals surface area contributed by atoms with Crippen molar-refractivity contribution < 1.29 is 18.8 Å². The molecule has 4 nitrogen and oxygen atoms in total. The van der Waals surface area contributed by atoms with Gasteiger partial charge in [-0.2, -0.15) is 0 Å². The molecule has 2 atom stereocenters. The molecule has 0 aliphatic rings. The highest BCUT2D eigenvalue weighted by atomic mass is 28.4. The molecule has 212 valence electrons. The molecule has 0 spiro atoms. The molecular formula is C31H56O4Si2. The predicted octanol–water partition coefficient (Wildman–Crippen LogP) is 9.60. The molecule has 0 saturated carbocycles. The lowest BCUT2D eigenvalue weighted by atomic mass is 10.1. The van der Waals surface area contributed by atoms with E-state index in [1.54, 1.807) is 6.08 Å². The Labute approximate surface area is 230 Å². The van der Waals surface area contributed by atoms with Gasteiger partial charge in [-0.15, -0.1) is 0 Å². The van der Waals surface area contributed by atoms with Gasteiger partial charge in [-0.3, -0.25) is 0 Å². The summed E-state index contributed by atoms with van der Waals surface area (Å²) in [6.07, 6.45) is 15.2. The molecule has 6 heteroatoms. The molecule has 0 heterocycles. The highest BCUT2D eigenvalue weighted by molar-refractivity contribution is 6.74. The van der Waals surface area contributed by atoms with Crippen LogP contribution in [-0.2, 0) is 13.6 Å². The van der Waals surface area contributed by atoms with Crippen LogP contribution in [-0.4, -0.2) is 39.9 Å². The highest BCUT2D eigenvalue weighted by Crippen LogP contribution is 2.40. The molecule has 0 fully saturated rings. The molecule has 0 amide bonds. The zero-order valence-corrected chi connectivity index (χ0v) is 28.3. The van der Waals surface area contributed by atoms with E-state index in [9.17, 15) is 4.79 Å². The maximum absolute atomic E-state index is 10.7. The summed E-state index contributed by atoms with van der Waals surface area (Å²) < 4.78 is 13.6. The van der Waals surface area contributed by atoms with E-state index in [0.29, 0.717) is 0 Å². The number of allylic oxidation sites excluding steroid dienone is 8. The van der Waals surface area contributed by atoms with Crippen molar-refractivity contribution in [2.75, 3.05) is 0 Å². The Balaban J connectivity index is 5.57. The van der Waals surface area contributed by atoms with Gasteiger partial charge in [0.05, 0.1) is 6.10 Å². The summed E-state index contributed by atoms with van der Waals surface area (Å²) in [5.74, 6) is -0.938. The van der Waals surface area contributed by atoms with Crippen molar-refractivity contribution in [3.05, 3.63) is 59.3 Å². The van der Waals surface area contributed by atoms with E-state index in [0.717, 1.165) is 30.1 Å². The standard InChI is InChI=1S/C31H56O4Si2/c1-24(16-15-17-25(2)22-26(3)19-21-29(32)33)18-20-28(35-37(13,14)31(8,9)10)23-27(4)34-36(11,12)30(5,6)7/h15-19,21-22,27-28H,20,23H2,1-14H3,(H,32,33)/b16-15+,21-19+,24-18+,25-17+,26-22+. The largest absolute Gasteiger partial charge is 0.478 e. The number of hydrogen-bond donors (Lipinski definition) is 1. The van der Waals surface area contributed by atoms with Crippen molar-refractivity contribution in [1.82, 2.24) is 0 Å². The predicted molar refractivity (Wildman–Crippen MR) is 166 cm³/mol. The van der Waals surface area contributed by atoms with Crippen LogP contribution < -0.4 is 0 Å². The zero-order chi connectivity index (χ0) is 29.2. The summed E-state index contributed by atoms with van der Waals surface area (Å²) >= 11 is 0. The molecule has 0 aliphatic heterocycles. The van der Waals surface area contributed by atoms with Gasteiger partial charge >= 0.3 is 5.97 Å². The minimum atomic E-state index is -1.92. The van der Waals surface area contributed by atoms with Crippen molar-refractivity contribution in [2.24, 2.45) is 0 Å². The van der Waals surface area contributed by atoms with E-state index < -0.39 is 22.6 Å². The van der Waals surface area contributed by atoms with Gasteiger partial charge in [0.2, 0.25) is 0 Å². The average Bonchev–Trinajstić information content (AvgIpc) is 2.68. The lowest BCUT2D eigenvalue weighted by Crippen LogP contribution is -2.46. The minimum absolute atomic E-state index is 0.118. The van der Waals surface area contributed by atoms with Gasteiger partial charge < -0.3 is 14.0 Å². The van der Waals surface area contributed by atoms with Crippen LogP contribution in [0.25, 0.3) is 0 Å². The molecule has 0 rings (SSSR count). The Kier molecular flexibility index (Phi) is 14.0. The number of carboxylic acid groups (broad SMARTS) is 1. The zero-order valence-electron chi connectivity index (χ0n) is 26.3. The van der Waals surface area contributed by atoms with Crippen LogP contribution in [0.1, 0.15) is 82.1 Å². The summed E-state index contributed by atoms with van der Waals surface area (Å²) in [4.78, 5) is 10.7. The first kappa shape index (κ1) is 35.5. The molecule has 0 aromatic rings. The summed E-state index contributed by atoms with van der Waals surface area (Å²) in [5, 5.41) is 9.10. The van der Waals surface area contributed by atoms with E-state index in [4.69, 9.17) is 14.0 Å². The van der Waals surface area contributed by atoms with E-state index in [1.165, 1.54) is 5.57 Å². The molecule has 1 N–H and O–H groups in total. The van der Waals surface area contributed by atoms with Crippen molar-refractivity contribution >= 4 is 22.6 Å². The third-order valence-electron chi connectivity index (χ3n) is 7.53. The van der Waals surface area contributed by atoms with Crippen LogP contribution in [0.5, 0.6) is 0 Å². The normalized spacial score (nSPS) is 17.1. The van der Waals surface area contributed by atoms with Gasteiger partial charge in [-0.1, -0.05) is 94.7 Å². The number of carbonyl (C=O) groups is 1. The van der Waals surface area contributed by atoms with E-state index >= 15 is 0 Å². The second kappa shape index (κ2) is 14.6. The van der Waals surface area contributed by atoms with Crippen LogP contribution in [0.3, 0.4) is 0 Å². The van der Waals surface area contributed by atoms with E-state index in [2.05, 4.69) is 93.7 Å². The van der Waals surface area contributed by atoms with Crippen LogP contribution in [0.2, 0.25) is 36.3 Å². The van der Waals surface area contributed by atoms with Gasteiger partial charge in [-0.25, -0.2) is 4.79 Å². The van der Waals surface area contributed by atoms with Crippen LogP contribution in [0.4, 0.5) is 0 Å². The molecular weight excluding hydrogens is 493 g/mol. The number of aliphatic carboxylic acids is 1. The summed E-state index contributed by atoms with van der Waals surface area (Å²) in [6, 6.07) is 0. The van der Waals surface area contributed by atoms with Gasteiger partial charge in [0.1, 0.15) is 0 Å². The van der Waals surface area contributed by atoms with Crippen LogP contribution >= 0.6 is 0 Å². The molecule has 2 unspecified atom stereocenters. The second-order valence-electron chi connectivity index (χ2n) is 13.4. The Morgan fingerprint density at radius 3 is 1.81 bits per heavy atom. The van der Waals surface area contributed by atoms with Gasteiger partial charge in [-0.05, 0) is 76.8 Å². The van der Waals surface area contributed by atoms with Crippen molar-refractivity contribution in [3.63, 3.8) is 0 Å². The maximum atomic E-state index is 10.7. The molecule has 0 aromatic carbocycles. The van der Waals surface area contributed by atoms with Crippen LogP contribution in [0, 0.1) is 0 Å². The molecule has 0 saturated heterocycles. The molecule has 0 aromatic heterocycles. The topological polar surface area (TPSA) is 55.8 Å². The molecule has 0 aliphatic carbocycles. The van der Waals surface area contributed by atoms with Gasteiger partial charge in [0.25, 0.3) is 0 Å². The first-order valence-electron chi connectivity index (χ1n) is 13.5. The molecule has 37 heavy (non-hydrogen) atoms. The van der Waals surface area contributed by atoms with E-state index in [1.807, 2.05) is 32.1 Å². The maximum Gasteiger partial charge on any atom is 0.328 e. The Morgan fingerprint density at radius 1 is 0.811 bits per heavy atom. The van der Waals surface area contributed by atoms with Crippen LogP contribution in [0.15, 0.2) is 59.3 Å². The second-order valence-corrected chi connectivity index (χ2v) is 23.0. The first-order chi connectivity index (χ1) is 16.6. The first-order valence-corrected chi connectivity index (χ1v) is 19.4. The van der Waals surface area contributed by atoms with Crippen molar-refractivity contribution in [1.29, 1.82) is 0 Å². The quantitative estimate of drug-likeness (QED) is 0.141. The summed E-state index contributed by atoms with van der Waals surface area (Å²) in [7, 11) is -3.76. The lowest BCUT2D eigenvalue weighted by Gasteiger charge is -2.42. The lowest BCUT2D eigenvalue weighted by molar-refractivity contribution is -0.131. The van der Waals surface area contributed by atoms with Crippen molar-refractivity contribution in [3.8, 4) is 0 Å². The van der Waals surface area contributed by atoms with Gasteiger partial charge in [0.15, 0.2) is 16.6 Å². The van der Waals surface area contributed by atoms with Crippen molar-refractivity contribution in [2.45, 2.75) is 131 Å². The fourth-order valence-electron chi connectivity index (χ4n) is 3.28. The molecule has 0 bridgehead atoms. The van der Waals surface area contributed by atoms with Gasteiger partial charge in [0, 0.05) is 12.2 Å². The third kappa shape index (κ3) is 14.3. The fraction of sp³-hybridized carbons (Fsp3) is 0.645. The third-order valence-corrected chi connectivity index (χ3v) is 16.7. The monoisotopic (exact) mass is 548 g/mol. The average molecular weight is 549 g/mol. The Morgan fingerprint density at radius 2 is 1.32 bits per heavy atom. The molecule has 0 radical (unpaired) electrons. The Hall–Kier alpha value is -1.48. The van der Waals surface area contributed by atoms with E-state index in [-0.39, 0.29) is 22.3 Å². The minimum Gasteiger partial charge on any atom is -0.478 e. The summed E-state index contributed by atoms with van der Waals surface area (Å²) in [6.45, 7) is 31.2.